The van der Waals surface area contributed by atoms with Gasteiger partial charge in [0.15, 0.2) is 0 Å². The molecule has 1 aromatic heterocycles. The van der Waals surface area contributed by atoms with Crippen LogP contribution in [0.3, 0.4) is 0 Å². The monoisotopic (exact) mass is 411 g/mol. The van der Waals surface area contributed by atoms with Crippen LogP contribution in [-0.4, -0.2) is 53.6 Å². The second-order valence-corrected chi connectivity index (χ2v) is 7.41. The first kappa shape index (κ1) is 19.9. The lowest BCUT2D eigenvalue weighted by molar-refractivity contribution is -0.142. The topological polar surface area (TPSA) is 97.7 Å². The van der Waals surface area contributed by atoms with E-state index in [2.05, 4.69) is 4.98 Å². The molecule has 2 aromatic carbocycles. The van der Waals surface area contributed by atoms with E-state index in [0.717, 1.165) is 10.9 Å². The van der Waals surface area contributed by atoms with E-state index in [1.165, 1.54) is 24.3 Å². The molecule has 0 aliphatic carbocycles. The zero-order valence-electron chi connectivity index (χ0n) is 16.3. The predicted molar refractivity (Wildman–Crippen MR) is 109 cm³/mol. The average Bonchev–Trinajstić information content (AvgIpc) is 3.17. The summed E-state index contributed by atoms with van der Waals surface area (Å²) in [4.78, 5) is 29.6. The third-order valence-electron chi connectivity index (χ3n) is 5.11. The summed E-state index contributed by atoms with van der Waals surface area (Å²) in [6.07, 6.45) is -0.106. The summed E-state index contributed by atoms with van der Waals surface area (Å²) >= 11 is 0. The molecular weight excluding hydrogens is 389 g/mol. The number of nitrogens with one attached hydrogen (secondary N) is 1. The molecule has 156 valence electrons. The minimum absolute atomic E-state index is 0.00193. The number of amides is 2. The number of aromatic nitrogens is 1. The van der Waals surface area contributed by atoms with Gasteiger partial charge in [0.25, 0.3) is 5.91 Å². The number of nitrogens with zero attached hydrogens (tertiary/aromatic N) is 1. The third kappa shape index (κ3) is 4.28. The molecule has 1 aliphatic rings. The van der Waals surface area contributed by atoms with Gasteiger partial charge in [0.2, 0.25) is 5.91 Å². The Morgan fingerprint density at radius 1 is 1.20 bits per heavy atom. The van der Waals surface area contributed by atoms with E-state index in [4.69, 9.17) is 15.2 Å². The van der Waals surface area contributed by atoms with Gasteiger partial charge in [-0.1, -0.05) is 18.2 Å². The Hall–Kier alpha value is -3.39. The normalized spacial score (nSPS) is 19.0. The smallest absolute Gasteiger partial charge is 0.270 e. The fourth-order valence-electron chi connectivity index (χ4n) is 3.69. The largest absolute Gasteiger partial charge is 0.490 e. The number of nitrogens with two attached hydrogens (primary N) is 1. The fraction of sp³-hybridized carbons (Fsp3) is 0.273. The number of H-pyrrole nitrogens is 1. The van der Waals surface area contributed by atoms with Crippen molar-refractivity contribution in [2.24, 2.45) is 5.73 Å². The predicted octanol–water partition coefficient (Wildman–Crippen LogP) is 2.47. The van der Waals surface area contributed by atoms with Crippen molar-refractivity contribution >= 4 is 22.7 Å². The molecule has 7 nitrogen and oxygen atoms in total. The number of aromatic amines is 1. The lowest BCUT2D eigenvalue weighted by Crippen LogP contribution is -2.58. The highest BCUT2D eigenvalue weighted by atomic mass is 19.1. The fourth-order valence-corrected chi connectivity index (χ4v) is 3.69. The van der Waals surface area contributed by atoms with Crippen molar-refractivity contribution in [1.29, 1.82) is 0 Å². The van der Waals surface area contributed by atoms with Crippen LogP contribution in [0, 0.1) is 5.82 Å². The zero-order chi connectivity index (χ0) is 21.1. The molecular formula is C22H22FN3O4. The Balaban J connectivity index is 1.52. The van der Waals surface area contributed by atoms with Gasteiger partial charge in [-0.3, -0.25) is 9.59 Å². The molecule has 1 fully saturated rings. The second-order valence-electron chi connectivity index (χ2n) is 7.41. The van der Waals surface area contributed by atoms with Crippen molar-refractivity contribution in [2.45, 2.75) is 12.0 Å². The van der Waals surface area contributed by atoms with Gasteiger partial charge in [-0.2, -0.15) is 0 Å². The molecule has 1 aliphatic heterocycles. The van der Waals surface area contributed by atoms with E-state index in [-0.39, 0.29) is 37.9 Å². The summed E-state index contributed by atoms with van der Waals surface area (Å²) in [6, 6.07) is 15.0. The first-order valence-electron chi connectivity index (χ1n) is 9.62. The molecule has 0 unspecified atom stereocenters. The van der Waals surface area contributed by atoms with E-state index in [1.807, 2.05) is 24.3 Å². The molecule has 3 N–H and O–H groups in total. The van der Waals surface area contributed by atoms with Crippen LogP contribution in [0.15, 0.2) is 54.6 Å². The Morgan fingerprint density at radius 2 is 1.97 bits per heavy atom. The van der Waals surface area contributed by atoms with Crippen molar-refractivity contribution < 1.29 is 23.5 Å². The van der Waals surface area contributed by atoms with Gasteiger partial charge >= 0.3 is 0 Å². The highest BCUT2D eigenvalue weighted by Crippen LogP contribution is 2.26. The van der Waals surface area contributed by atoms with Gasteiger partial charge in [0.05, 0.1) is 19.6 Å². The molecule has 1 atom stereocenters. The zero-order valence-corrected chi connectivity index (χ0v) is 16.3. The third-order valence-corrected chi connectivity index (χ3v) is 5.11. The van der Waals surface area contributed by atoms with Crippen LogP contribution in [0.25, 0.3) is 10.9 Å². The van der Waals surface area contributed by atoms with Crippen molar-refractivity contribution in [3.8, 4) is 5.75 Å². The van der Waals surface area contributed by atoms with Crippen LogP contribution in [-0.2, 0) is 9.53 Å². The van der Waals surface area contributed by atoms with Gasteiger partial charge in [-0.15, -0.1) is 0 Å². The molecule has 8 heteroatoms. The Morgan fingerprint density at radius 3 is 2.70 bits per heavy atom. The molecule has 0 bridgehead atoms. The number of carbonyl (C=O) groups is 2. The summed E-state index contributed by atoms with van der Waals surface area (Å²) in [5.74, 6) is -0.691. The molecule has 0 spiro atoms. The number of para-hydroxylation sites is 1. The summed E-state index contributed by atoms with van der Waals surface area (Å²) < 4.78 is 24.8. The van der Waals surface area contributed by atoms with Crippen molar-refractivity contribution in [3.05, 3.63) is 66.1 Å². The molecule has 2 amide bonds. The molecule has 3 aromatic rings. The molecule has 4 rings (SSSR count). The van der Waals surface area contributed by atoms with E-state index in [1.54, 1.807) is 11.0 Å². The van der Waals surface area contributed by atoms with Gasteiger partial charge in [0.1, 0.15) is 29.5 Å². The first-order chi connectivity index (χ1) is 14.4. The van der Waals surface area contributed by atoms with Crippen LogP contribution in [0.1, 0.15) is 16.9 Å². The van der Waals surface area contributed by atoms with Gasteiger partial charge in [-0.25, -0.2) is 4.39 Å². The number of halogens is 1. The van der Waals surface area contributed by atoms with Gasteiger partial charge < -0.3 is 25.1 Å². The molecule has 30 heavy (non-hydrogen) atoms. The highest BCUT2D eigenvalue weighted by Gasteiger charge is 2.41. The van der Waals surface area contributed by atoms with Crippen LogP contribution in [0.4, 0.5) is 4.39 Å². The van der Waals surface area contributed by atoms with E-state index >= 15 is 0 Å². The van der Waals surface area contributed by atoms with Crippen LogP contribution < -0.4 is 10.5 Å². The van der Waals surface area contributed by atoms with Crippen LogP contribution in [0.5, 0.6) is 5.75 Å². The Labute approximate surface area is 172 Å². The van der Waals surface area contributed by atoms with Crippen molar-refractivity contribution in [2.75, 3.05) is 26.3 Å². The maximum atomic E-state index is 13.1. The Kier molecular flexibility index (Phi) is 5.41. The van der Waals surface area contributed by atoms with Crippen molar-refractivity contribution in [3.63, 3.8) is 0 Å². The van der Waals surface area contributed by atoms with E-state index in [0.29, 0.717) is 18.0 Å². The van der Waals surface area contributed by atoms with Crippen LogP contribution >= 0.6 is 0 Å². The maximum Gasteiger partial charge on any atom is 0.270 e. The maximum absolute atomic E-state index is 13.1. The second kappa shape index (κ2) is 8.16. The molecule has 0 radical (unpaired) electrons. The minimum Gasteiger partial charge on any atom is -0.490 e. The SMILES string of the molecule is NC(=O)C[C@]1(COc2ccc(F)cc2)CN(C(=O)c2cc3ccccc3[nH]2)CCO1. The number of benzene rings is 2. The number of primary amides is 1. The number of ether oxygens (including phenoxy) is 2. The van der Waals surface area contributed by atoms with Crippen molar-refractivity contribution in [1.82, 2.24) is 9.88 Å². The summed E-state index contributed by atoms with van der Waals surface area (Å²) in [7, 11) is 0. The molecule has 0 saturated carbocycles. The van der Waals surface area contributed by atoms with E-state index < -0.39 is 11.5 Å². The lowest BCUT2D eigenvalue weighted by atomic mass is 9.97. The summed E-state index contributed by atoms with van der Waals surface area (Å²) in [5.41, 5.74) is 5.70. The number of carbonyl (C=O) groups excluding carboxylic acids is 2. The number of fused-ring (bicyclic) bond motifs is 1. The van der Waals surface area contributed by atoms with Gasteiger partial charge in [0, 0.05) is 17.4 Å². The van der Waals surface area contributed by atoms with Crippen LogP contribution in [0.2, 0.25) is 0 Å². The summed E-state index contributed by atoms with van der Waals surface area (Å²) in [5, 5.41) is 0.942. The highest BCUT2D eigenvalue weighted by molar-refractivity contribution is 5.98. The molecule has 1 saturated heterocycles. The quantitative estimate of drug-likeness (QED) is 0.651. The number of hydrogen-bond donors (Lipinski definition) is 2. The summed E-state index contributed by atoms with van der Waals surface area (Å²) in [6.45, 7) is 0.765. The number of hydrogen-bond acceptors (Lipinski definition) is 4. The average molecular weight is 411 g/mol. The minimum atomic E-state index is -1.08. The number of morpholine rings is 1. The lowest BCUT2D eigenvalue weighted by Gasteiger charge is -2.41. The molecule has 2 heterocycles. The van der Waals surface area contributed by atoms with E-state index in [9.17, 15) is 14.0 Å². The number of rotatable bonds is 6. The Bertz CT molecular complexity index is 1030. The van der Waals surface area contributed by atoms with Gasteiger partial charge in [-0.05, 0) is 36.4 Å². The standard InChI is InChI=1S/C22H22FN3O4/c23-16-5-7-17(8-6-16)29-14-22(12-20(24)27)13-26(9-10-30-22)21(28)19-11-15-3-1-2-4-18(15)25-19/h1-8,11,25H,9-10,12-14H2,(H2,24,27)/t22-/m1/s1. The first-order valence-corrected chi connectivity index (χ1v) is 9.62.